The van der Waals surface area contributed by atoms with Crippen LogP contribution in [-0.2, 0) is 0 Å². The van der Waals surface area contributed by atoms with Gasteiger partial charge in [0.1, 0.15) is 9.71 Å². The minimum Gasteiger partial charge on any atom is -0.477 e. The van der Waals surface area contributed by atoms with Gasteiger partial charge < -0.3 is 5.11 Å². The van der Waals surface area contributed by atoms with Crippen LogP contribution in [0.25, 0.3) is 27.0 Å². The molecule has 0 aliphatic rings. The minimum atomic E-state index is -1.09. The number of hydrogen-bond acceptors (Lipinski definition) is 3. The molecule has 0 aliphatic carbocycles. The number of rotatable bonds is 3. The van der Waals surface area contributed by atoms with E-state index in [0.717, 1.165) is 11.3 Å². The summed E-state index contributed by atoms with van der Waals surface area (Å²) in [6.07, 6.45) is 0. The average Bonchev–Trinajstić information content (AvgIpc) is 3.04. The summed E-state index contributed by atoms with van der Waals surface area (Å²) >= 11 is 13.5. The molecule has 0 spiro atoms. The lowest BCUT2D eigenvalue weighted by Crippen LogP contribution is -2.16. The molecule has 0 unspecified atom stereocenters. The second-order valence-corrected chi connectivity index (χ2v) is 7.64. The molecule has 0 aliphatic heterocycles. The summed E-state index contributed by atoms with van der Waals surface area (Å²) in [5, 5.41) is 11.2. The molecular weight excluding hydrogens is 405 g/mol. The van der Waals surface area contributed by atoms with Crippen LogP contribution >= 0.6 is 34.5 Å². The van der Waals surface area contributed by atoms with Crippen molar-refractivity contribution < 1.29 is 9.90 Å². The maximum Gasteiger partial charge on any atom is 0.346 e. The van der Waals surface area contributed by atoms with E-state index in [4.69, 9.17) is 23.2 Å². The smallest absolute Gasteiger partial charge is 0.346 e. The standard InChI is InChI=1S/C20H11Cl2NO3S/c21-11-6-8-15(22)14(10-11)17-13-7-9-16(24)23(12-4-2-1-3-5-12)19(13)27-18(17)20(25)26/h1-10H,(H,25,26). The van der Waals surface area contributed by atoms with Crippen LogP contribution in [0.2, 0.25) is 10.0 Å². The summed E-state index contributed by atoms with van der Waals surface area (Å²) in [6, 6.07) is 17.0. The van der Waals surface area contributed by atoms with Gasteiger partial charge in [-0.15, -0.1) is 11.3 Å². The van der Waals surface area contributed by atoms with Gasteiger partial charge >= 0.3 is 5.97 Å². The molecule has 134 valence electrons. The van der Waals surface area contributed by atoms with Crippen molar-refractivity contribution in [2.45, 2.75) is 0 Å². The largest absolute Gasteiger partial charge is 0.477 e. The second-order valence-electron chi connectivity index (χ2n) is 5.80. The Bertz CT molecular complexity index is 1250. The average molecular weight is 416 g/mol. The third-order valence-corrected chi connectivity index (χ3v) is 5.89. The molecule has 0 radical (unpaired) electrons. The van der Waals surface area contributed by atoms with Gasteiger partial charge in [0, 0.05) is 32.6 Å². The van der Waals surface area contributed by atoms with E-state index in [1.807, 2.05) is 18.2 Å². The quantitative estimate of drug-likeness (QED) is 0.465. The number of carboxylic acid groups (broad SMARTS) is 1. The lowest BCUT2D eigenvalue weighted by atomic mass is 10.0. The van der Waals surface area contributed by atoms with Crippen molar-refractivity contribution in [3.8, 4) is 16.8 Å². The number of aromatic carboxylic acids is 1. The molecule has 2 aromatic heterocycles. The van der Waals surface area contributed by atoms with Crippen molar-refractivity contribution >= 4 is 50.7 Å². The Morgan fingerprint density at radius 3 is 2.44 bits per heavy atom. The van der Waals surface area contributed by atoms with Gasteiger partial charge in [0.25, 0.3) is 5.56 Å². The molecular formula is C20H11Cl2NO3S. The predicted octanol–water partition coefficient (Wildman–Crippen LogP) is 5.72. The molecule has 7 heteroatoms. The Balaban J connectivity index is 2.15. The normalized spacial score (nSPS) is 11.0. The van der Waals surface area contributed by atoms with Crippen molar-refractivity contribution in [3.63, 3.8) is 0 Å². The van der Waals surface area contributed by atoms with Crippen molar-refractivity contribution in [1.82, 2.24) is 4.57 Å². The fraction of sp³-hybridized carbons (Fsp3) is 0. The number of nitrogens with zero attached hydrogens (tertiary/aromatic N) is 1. The fourth-order valence-corrected chi connectivity index (χ4v) is 4.56. The Kier molecular flexibility index (Phi) is 4.52. The number of carbonyl (C=O) groups is 1. The van der Waals surface area contributed by atoms with Crippen molar-refractivity contribution in [3.05, 3.63) is 85.9 Å². The molecule has 0 fully saturated rings. The van der Waals surface area contributed by atoms with Crippen LogP contribution in [0, 0.1) is 0 Å². The zero-order valence-corrected chi connectivity index (χ0v) is 16.0. The van der Waals surface area contributed by atoms with Crippen LogP contribution in [0.5, 0.6) is 0 Å². The third kappa shape index (κ3) is 3.04. The number of hydrogen-bond donors (Lipinski definition) is 1. The van der Waals surface area contributed by atoms with E-state index < -0.39 is 5.97 Å². The van der Waals surface area contributed by atoms with Gasteiger partial charge in [-0.1, -0.05) is 41.4 Å². The number of benzene rings is 2. The molecule has 4 aromatic rings. The van der Waals surface area contributed by atoms with Crippen LogP contribution in [0.3, 0.4) is 0 Å². The Labute approximate surface area is 167 Å². The summed E-state index contributed by atoms with van der Waals surface area (Å²) in [5.41, 5.74) is 1.40. The first-order chi connectivity index (χ1) is 13.0. The van der Waals surface area contributed by atoms with Crippen molar-refractivity contribution in [1.29, 1.82) is 0 Å². The van der Waals surface area contributed by atoms with Crippen molar-refractivity contribution in [2.75, 3.05) is 0 Å². The van der Waals surface area contributed by atoms with E-state index >= 15 is 0 Å². The maximum atomic E-state index is 12.6. The fourth-order valence-electron chi connectivity index (χ4n) is 3.01. The molecule has 4 nitrogen and oxygen atoms in total. The van der Waals surface area contributed by atoms with Crippen molar-refractivity contribution in [2.24, 2.45) is 0 Å². The van der Waals surface area contributed by atoms with E-state index in [9.17, 15) is 14.7 Å². The van der Waals surface area contributed by atoms with Gasteiger partial charge in [-0.3, -0.25) is 9.36 Å². The van der Waals surface area contributed by atoms with Crippen LogP contribution < -0.4 is 5.56 Å². The minimum absolute atomic E-state index is 0.101. The number of thiophene rings is 1. The SMILES string of the molecule is O=C(O)c1sc2c(ccc(=O)n2-c2ccccc2)c1-c1cc(Cl)ccc1Cl. The summed E-state index contributed by atoms with van der Waals surface area (Å²) in [4.78, 5) is 25.1. The Morgan fingerprint density at radius 1 is 1.00 bits per heavy atom. The van der Waals surface area contributed by atoms with Gasteiger partial charge in [-0.25, -0.2) is 4.79 Å². The number of fused-ring (bicyclic) bond motifs is 1. The first-order valence-corrected chi connectivity index (χ1v) is 9.47. The molecule has 27 heavy (non-hydrogen) atoms. The van der Waals surface area contributed by atoms with E-state index in [2.05, 4.69) is 0 Å². The first kappa shape index (κ1) is 17.8. The highest BCUT2D eigenvalue weighted by molar-refractivity contribution is 7.21. The monoisotopic (exact) mass is 415 g/mol. The topological polar surface area (TPSA) is 59.3 Å². The Hall–Kier alpha value is -2.60. The second kappa shape index (κ2) is 6.85. The van der Waals surface area contributed by atoms with Crippen LogP contribution in [-0.4, -0.2) is 15.6 Å². The number of carboxylic acids is 1. The molecule has 0 saturated heterocycles. The highest BCUT2D eigenvalue weighted by Gasteiger charge is 2.23. The van der Waals surface area contributed by atoms with E-state index in [1.165, 1.54) is 10.6 Å². The van der Waals surface area contributed by atoms with Crippen LogP contribution in [0.15, 0.2) is 65.5 Å². The summed E-state index contributed by atoms with van der Waals surface area (Å²) in [6.45, 7) is 0. The lowest BCUT2D eigenvalue weighted by Gasteiger charge is -2.08. The Morgan fingerprint density at radius 2 is 1.74 bits per heavy atom. The van der Waals surface area contributed by atoms with E-state index in [0.29, 0.717) is 37.1 Å². The zero-order chi connectivity index (χ0) is 19.1. The molecule has 0 bridgehead atoms. The summed E-state index contributed by atoms with van der Waals surface area (Å²) in [7, 11) is 0. The summed E-state index contributed by atoms with van der Waals surface area (Å²) < 4.78 is 1.51. The lowest BCUT2D eigenvalue weighted by molar-refractivity contribution is 0.0703. The molecule has 0 atom stereocenters. The maximum absolute atomic E-state index is 12.6. The summed E-state index contributed by atoms with van der Waals surface area (Å²) in [5.74, 6) is -1.09. The molecule has 4 rings (SSSR count). The van der Waals surface area contributed by atoms with E-state index in [1.54, 1.807) is 36.4 Å². The molecule has 1 N–H and O–H groups in total. The highest BCUT2D eigenvalue weighted by atomic mass is 35.5. The van der Waals surface area contributed by atoms with Gasteiger partial charge in [-0.2, -0.15) is 0 Å². The predicted molar refractivity (Wildman–Crippen MR) is 110 cm³/mol. The number of pyridine rings is 1. The van der Waals surface area contributed by atoms with Crippen LogP contribution in [0.4, 0.5) is 0 Å². The van der Waals surface area contributed by atoms with Gasteiger partial charge in [-0.05, 0) is 36.4 Å². The zero-order valence-electron chi connectivity index (χ0n) is 13.6. The molecule has 2 aromatic carbocycles. The van der Waals surface area contributed by atoms with Gasteiger partial charge in [0.2, 0.25) is 0 Å². The molecule has 0 amide bonds. The number of para-hydroxylation sites is 1. The molecule has 2 heterocycles. The van der Waals surface area contributed by atoms with Gasteiger partial charge in [0.05, 0.1) is 5.69 Å². The van der Waals surface area contributed by atoms with E-state index in [-0.39, 0.29) is 10.4 Å². The number of halogens is 2. The third-order valence-electron chi connectivity index (χ3n) is 4.15. The first-order valence-electron chi connectivity index (χ1n) is 7.90. The van der Waals surface area contributed by atoms with Crippen LogP contribution in [0.1, 0.15) is 9.67 Å². The number of aromatic nitrogens is 1. The van der Waals surface area contributed by atoms with Gasteiger partial charge in [0.15, 0.2) is 0 Å². The highest BCUT2D eigenvalue weighted by Crippen LogP contribution is 2.42. The molecule has 0 saturated carbocycles.